The lowest BCUT2D eigenvalue weighted by Crippen LogP contribution is -2.44. The second-order valence-electron chi connectivity index (χ2n) is 8.11. The van der Waals surface area contributed by atoms with Crippen LogP contribution < -0.4 is 5.56 Å². The Morgan fingerprint density at radius 1 is 1.26 bits per heavy atom. The summed E-state index contributed by atoms with van der Waals surface area (Å²) in [5.74, 6) is 0.0621. The number of hydrogen-bond acceptors (Lipinski definition) is 6. The molecule has 8 heteroatoms. The van der Waals surface area contributed by atoms with Crippen LogP contribution >= 0.6 is 23.1 Å². The first-order valence-electron chi connectivity index (χ1n) is 10.7. The van der Waals surface area contributed by atoms with E-state index in [2.05, 4.69) is 0 Å². The predicted octanol–water partition coefficient (Wildman–Crippen LogP) is 3.58. The molecule has 0 radical (unpaired) electrons. The van der Waals surface area contributed by atoms with Crippen LogP contribution in [0.2, 0.25) is 0 Å². The lowest BCUT2D eigenvalue weighted by molar-refractivity contribution is -0.134. The fourth-order valence-electron chi connectivity index (χ4n) is 4.35. The van der Waals surface area contributed by atoms with E-state index in [0.717, 1.165) is 40.7 Å². The Morgan fingerprint density at radius 2 is 2.06 bits per heavy atom. The number of fused-ring (bicyclic) bond motifs is 3. The summed E-state index contributed by atoms with van der Waals surface area (Å²) in [5.41, 5.74) is 3.02. The highest BCUT2D eigenvalue weighted by Gasteiger charge is 2.28. The van der Waals surface area contributed by atoms with Gasteiger partial charge in [0.1, 0.15) is 4.83 Å². The SMILES string of the molecule is Cc1cccc(-n2c(SC(C)C(=O)N3CCOCC3)nc3sc4c(c3c2=O)CCC4)c1. The minimum absolute atomic E-state index is 0.0245. The van der Waals surface area contributed by atoms with E-state index in [4.69, 9.17) is 9.72 Å². The van der Waals surface area contributed by atoms with Crippen LogP contribution in [0.3, 0.4) is 0 Å². The van der Waals surface area contributed by atoms with Gasteiger partial charge in [0, 0.05) is 18.0 Å². The number of morpholine rings is 1. The molecule has 0 spiro atoms. The largest absolute Gasteiger partial charge is 0.378 e. The maximum atomic E-state index is 13.7. The van der Waals surface area contributed by atoms with Crippen molar-refractivity contribution in [2.24, 2.45) is 0 Å². The highest BCUT2D eigenvalue weighted by molar-refractivity contribution is 8.00. The number of carbonyl (C=O) groups excluding carboxylic acids is 1. The van der Waals surface area contributed by atoms with Crippen molar-refractivity contribution in [3.8, 4) is 5.69 Å². The molecular formula is C23H25N3O3S2. The summed E-state index contributed by atoms with van der Waals surface area (Å²) in [6, 6.07) is 7.91. The number of thioether (sulfide) groups is 1. The fraction of sp³-hybridized carbons (Fsp3) is 0.435. The Labute approximate surface area is 189 Å². The molecule has 6 nitrogen and oxygen atoms in total. The third kappa shape index (κ3) is 3.81. The third-order valence-corrected chi connectivity index (χ3v) is 8.15. The number of benzene rings is 1. The van der Waals surface area contributed by atoms with Gasteiger partial charge in [-0.2, -0.15) is 0 Å². The van der Waals surface area contributed by atoms with E-state index in [1.54, 1.807) is 15.9 Å². The normalized spacial score (nSPS) is 17.2. The molecule has 5 rings (SSSR count). The highest BCUT2D eigenvalue weighted by atomic mass is 32.2. The Morgan fingerprint density at radius 3 is 2.84 bits per heavy atom. The van der Waals surface area contributed by atoms with Crippen LogP contribution in [-0.2, 0) is 22.4 Å². The molecule has 0 bridgehead atoms. The molecule has 162 valence electrons. The highest BCUT2D eigenvalue weighted by Crippen LogP contribution is 2.36. The van der Waals surface area contributed by atoms with Gasteiger partial charge in [0.2, 0.25) is 5.91 Å². The number of hydrogen-bond donors (Lipinski definition) is 0. The van der Waals surface area contributed by atoms with Gasteiger partial charge in [0.25, 0.3) is 5.56 Å². The summed E-state index contributed by atoms with van der Waals surface area (Å²) < 4.78 is 7.08. The maximum Gasteiger partial charge on any atom is 0.267 e. The first-order chi connectivity index (χ1) is 15.0. The van der Waals surface area contributed by atoms with E-state index in [1.165, 1.54) is 22.2 Å². The molecule has 1 saturated heterocycles. The average Bonchev–Trinajstić information content (AvgIpc) is 3.35. The van der Waals surface area contributed by atoms with Gasteiger partial charge in [-0.25, -0.2) is 4.98 Å². The smallest absolute Gasteiger partial charge is 0.267 e. The van der Waals surface area contributed by atoms with Crippen LogP contribution in [0.15, 0.2) is 34.2 Å². The molecule has 1 atom stereocenters. The molecule has 1 aliphatic carbocycles. The van der Waals surface area contributed by atoms with Crippen molar-refractivity contribution < 1.29 is 9.53 Å². The van der Waals surface area contributed by atoms with Crippen molar-refractivity contribution in [2.75, 3.05) is 26.3 Å². The van der Waals surface area contributed by atoms with Gasteiger partial charge in [0.05, 0.1) is 29.5 Å². The first kappa shape index (κ1) is 20.7. The minimum Gasteiger partial charge on any atom is -0.378 e. The van der Waals surface area contributed by atoms with E-state index >= 15 is 0 Å². The van der Waals surface area contributed by atoms with E-state index in [9.17, 15) is 9.59 Å². The van der Waals surface area contributed by atoms with Crippen LogP contribution in [0.1, 0.15) is 29.3 Å². The number of thiophene rings is 1. The Kier molecular flexibility index (Phi) is 5.62. The standard InChI is InChI=1S/C23H25N3O3S2/c1-14-5-3-6-16(13-14)26-22(28)19-17-7-4-8-18(17)31-20(19)24-23(26)30-15(2)21(27)25-9-11-29-12-10-25/h3,5-6,13,15H,4,7-12H2,1-2H3. The number of nitrogens with zero attached hydrogens (tertiary/aromatic N) is 3. The summed E-state index contributed by atoms with van der Waals surface area (Å²) >= 11 is 3.00. The van der Waals surface area contributed by atoms with Crippen LogP contribution in [0.5, 0.6) is 0 Å². The van der Waals surface area contributed by atoms with E-state index in [1.807, 2.05) is 43.0 Å². The van der Waals surface area contributed by atoms with Gasteiger partial charge in [-0.1, -0.05) is 23.9 Å². The topological polar surface area (TPSA) is 64.4 Å². The summed E-state index contributed by atoms with van der Waals surface area (Å²) in [7, 11) is 0. The second kappa shape index (κ2) is 8.41. The molecule has 3 heterocycles. The number of carbonyl (C=O) groups is 1. The summed E-state index contributed by atoms with van der Waals surface area (Å²) in [5, 5.41) is 0.998. The molecule has 0 N–H and O–H groups in total. The van der Waals surface area contributed by atoms with Crippen molar-refractivity contribution in [3.63, 3.8) is 0 Å². The molecular weight excluding hydrogens is 430 g/mol. The lowest BCUT2D eigenvalue weighted by Gasteiger charge is -2.29. The molecule has 2 aromatic heterocycles. The van der Waals surface area contributed by atoms with Gasteiger partial charge >= 0.3 is 0 Å². The summed E-state index contributed by atoms with van der Waals surface area (Å²) in [6.07, 6.45) is 3.07. The minimum atomic E-state index is -0.342. The quantitative estimate of drug-likeness (QED) is 0.444. The van der Waals surface area contributed by atoms with Gasteiger partial charge in [-0.3, -0.25) is 14.2 Å². The molecule has 1 aliphatic heterocycles. The van der Waals surface area contributed by atoms with Crippen LogP contribution in [-0.4, -0.2) is 51.9 Å². The molecule has 3 aromatic rings. The Hall–Kier alpha value is -2.16. The van der Waals surface area contributed by atoms with Gasteiger partial charge < -0.3 is 9.64 Å². The zero-order chi connectivity index (χ0) is 21.5. The Balaban J connectivity index is 1.60. The van der Waals surface area contributed by atoms with Crippen molar-refractivity contribution in [1.29, 1.82) is 0 Å². The molecule has 1 amide bonds. The maximum absolute atomic E-state index is 13.7. The van der Waals surface area contributed by atoms with Gasteiger partial charge in [0.15, 0.2) is 5.16 Å². The van der Waals surface area contributed by atoms with E-state index in [-0.39, 0.29) is 16.7 Å². The monoisotopic (exact) mass is 455 g/mol. The Bertz CT molecular complexity index is 1210. The number of aryl methyl sites for hydroxylation is 3. The lowest BCUT2D eigenvalue weighted by atomic mass is 10.2. The number of aromatic nitrogens is 2. The predicted molar refractivity (Wildman–Crippen MR) is 125 cm³/mol. The number of ether oxygens (including phenoxy) is 1. The third-order valence-electron chi connectivity index (χ3n) is 5.92. The molecule has 31 heavy (non-hydrogen) atoms. The van der Waals surface area contributed by atoms with Gasteiger partial charge in [-0.05, 0) is 56.4 Å². The second-order valence-corrected chi connectivity index (χ2v) is 10.5. The fourth-order valence-corrected chi connectivity index (χ4v) is 6.66. The molecule has 1 aromatic carbocycles. The zero-order valence-corrected chi connectivity index (χ0v) is 19.4. The number of rotatable bonds is 4. The molecule has 0 saturated carbocycles. The molecule has 1 fully saturated rings. The van der Waals surface area contributed by atoms with Crippen molar-refractivity contribution in [3.05, 3.63) is 50.6 Å². The molecule has 2 aliphatic rings. The van der Waals surface area contributed by atoms with Crippen LogP contribution in [0, 0.1) is 6.92 Å². The van der Waals surface area contributed by atoms with Gasteiger partial charge in [-0.15, -0.1) is 11.3 Å². The van der Waals surface area contributed by atoms with Crippen molar-refractivity contribution in [2.45, 2.75) is 43.5 Å². The first-order valence-corrected chi connectivity index (χ1v) is 12.4. The summed E-state index contributed by atoms with van der Waals surface area (Å²) in [4.78, 5) is 35.6. The average molecular weight is 456 g/mol. The molecule has 1 unspecified atom stereocenters. The number of amides is 1. The van der Waals surface area contributed by atoms with Crippen molar-refractivity contribution in [1.82, 2.24) is 14.5 Å². The van der Waals surface area contributed by atoms with E-state index < -0.39 is 0 Å². The van der Waals surface area contributed by atoms with Crippen molar-refractivity contribution >= 4 is 39.2 Å². The van der Waals surface area contributed by atoms with E-state index in [0.29, 0.717) is 31.5 Å². The van der Waals surface area contributed by atoms with Crippen LogP contribution in [0.4, 0.5) is 0 Å². The van der Waals surface area contributed by atoms with Crippen LogP contribution in [0.25, 0.3) is 15.9 Å². The zero-order valence-electron chi connectivity index (χ0n) is 17.7. The summed E-state index contributed by atoms with van der Waals surface area (Å²) in [6.45, 7) is 6.27.